The minimum absolute atomic E-state index is 0.354. The van der Waals surface area contributed by atoms with Crippen molar-refractivity contribution in [2.75, 3.05) is 6.61 Å². The van der Waals surface area contributed by atoms with E-state index in [0.29, 0.717) is 6.61 Å². The van der Waals surface area contributed by atoms with Crippen LogP contribution in [0.1, 0.15) is 25.0 Å². The van der Waals surface area contributed by atoms with Gasteiger partial charge < -0.3 is 14.6 Å². The first-order valence-electron chi connectivity index (χ1n) is 7.17. The van der Waals surface area contributed by atoms with Crippen LogP contribution in [0.25, 0.3) is 0 Å². The van der Waals surface area contributed by atoms with E-state index in [0.717, 1.165) is 11.1 Å². The first-order chi connectivity index (χ1) is 10.0. The lowest BCUT2D eigenvalue weighted by Crippen LogP contribution is -2.43. The molecule has 3 rings (SSSR count). The van der Waals surface area contributed by atoms with Crippen molar-refractivity contribution >= 4 is 0 Å². The molecular formula is C18H20O3. The SMILES string of the molecule is CC1(C)OC[C@H](C(O)(c2ccccc2)c2ccccc2)O1. The molecule has 21 heavy (non-hydrogen) atoms. The van der Waals surface area contributed by atoms with Crippen molar-refractivity contribution in [3.8, 4) is 0 Å². The Labute approximate surface area is 125 Å². The Morgan fingerprint density at radius 3 is 1.81 bits per heavy atom. The average molecular weight is 284 g/mol. The van der Waals surface area contributed by atoms with E-state index in [1.54, 1.807) is 0 Å². The summed E-state index contributed by atoms with van der Waals surface area (Å²) in [6.07, 6.45) is -0.447. The van der Waals surface area contributed by atoms with Crippen LogP contribution in [0, 0.1) is 0 Å². The van der Waals surface area contributed by atoms with Gasteiger partial charge in [0.1, 0.15) is 11.7 Å². The monoisotopic (exact) mass is 284 g/mol. The largest absolute Gasteiger partial charge is 0.378 e. The molecule has 0 saturated carbocycles. The van der Waals surface area contributed by atoms with E-state index < -0.39 is 17.5 Å². The zero-order valence-electron chi connectivity index (χ0n) is 12.3. The lowest BCUT2D eigenvalue weighted by Gasteiger charge is -2.34. The van der Waals surface area contributed by atoms with Crippen LogP contribution in [0.2, 0.25) is 0 Å². The molecule has 0 spiro atoms. The molecule has 2 aromatic carbocycles. The first-order valence-corrected chi connectivity index (χ1v) is 7.17. The molecule has 0 aliphatic carbocycles. The zero-order valence-corrected chi connectivity index (χ0v) is 12.3. The first kappa shape index (κ1) is 14.3. The van der Waals surface area contributed by atoms with Gasteiger partial charge in [-0.05, 0) is 25.0 Å². The average Bonchev–Trinajstić information content (AvgIpc) is 2.89. The van der Waals surface area contributed by atoms with Gasteiger partial charge in [-0.2, -0.15) is 0 Å². The predicted molar refractivity (Wildman–Crippen MR) is 80.8 cm³/mol. The summed E-state index contributed by atoms with van der Waals surface area (Å²) in [7, 11) is 0. The Kier molecular flexibility index (Phi) is 3.57. The number of benzene rings is 2. The maximum absolute atomic E-state index is 11.5. The number of aliphatic hydroxyl groups is 1. The minimum Gasteiger partial charge on any atom is -0.378 e. The normalized spacial score (nSPS) is 21.4. The van der Waals surface area contributed by atoms with Gasteiger partial charge in [0.25, 0.3) is 0 Å². The van der Waals surface area contributed by atoms with E-state index in [9.17, 15) is 5.11 Å². The van der Waals surface area contributed by atoms with Crippen molar-refractivity contribution in [3.63, 3.8) is 0 Å². The van der Waals surface area contributed by atoms with Crippen molar-refractivity contribution in [2.45, 2.75) is 31.3 Å². The summed E-state index contributed by atoms with van der Waals surface area (Å²) < 4.78 is 11.6. The van der Waals surface area contributed by atoms with Crippen molar-refractivity contribution in [1.82, 2.24) is 0 Å². The van der Waals surface area contributed by atoms with Crippen LogP contribution < -0.4 is 0 Å². The smallest absolute Gasteiger partial charge is 0.163 e. The van der Waals surface area contributed by atoms with Gasteiger partial charge in [0, 0.05) is 0 Å². The molecule has 0 bridgehead atoms. The molecule has 1 saturated heterocycles. The summed E-state index contributed by atoms with van der Waals surface area (Å²) in [6, 6.07) is 19.2. The van der Waals surface area contributed by atoms with Gasteiger partial charge in [0.05, 0.1) is 6.61 Å². The van der Waals surface area contributed by atoms with Crippen LogP contribution in [0.15, 0.2) is 60.7 Å². The van der Waals surface area contributed by atoms with Gasteiger partial charge in [0.2, 0.25) is 0 Å². The fourth-order valence-electron chi connectivity index (χ4n) is 2.82. The molecular weight excluding hydrogens is 264 g/mol. The summed E-state index contributed by atoms with van der Waals surface area (Å²) >= 11 is 0. The summed E-state index contributed by atoms with van der Waals surface area (Å²) in [6.45, 7) is 4.08. The van der Waals surface area contributed by atoms with Gasteiger partial charge in [-0.15, -0.1) is 0 Å². The molecule has 1 fully saturated rings. The van der Waals surface area contributed by atoms with Crippen LogP contribution in [0.3, 0.4) is 0 Å². The second-order valence-corrected chi connectivity index (χ2v) is 5.82. The number of rotatable bonds is 3. The molecule has 0 unspecified atom stereocenters. The molecule has 1 aliphatic heterocycles. The van der Waals surface area contributed by atoms with Gasteiger partial charge in [-0.3, -0.25) is 0 Å². The van der Waals surface area contributed by atoms with Crippen LogP contribution in [-0.2, 0) is 15.1 Å². The lowest BCUT2D eigenvalue weighted by molar-refractivity contribution is -0.164. The Bertz CT molecular complexity index is 553. The van der Waals surface area contributed by atoms with Crippen molar-refractivity contribution in [3.05, 3.63) is 71.8 Å². The maximum atomic E-state index is 11.5. The molecule has 1 atom stereocenters. The molecule has 3 nitrogen and oxygen atoms in total. The molecule has 1 heterocycles. The highest BCUT2D eigenvalue weighted by Crippen LogP contribution is 2.39. The number of hydrogen-bond donors (Lipinski definition) is 1. The van der Waals surface area contributed by atoms with E-state index in [2.05, 4.69) is 0 Å². The van der Waals surface area contributed by atoms with E-state index in [-0.39, 0.29) is 0 Å². The standard InChI is InChI=1S/C18H20O3/c1-17(2)20-13-16(21-17)18(19,14-9-5-3-6-10-14)15-11-7-4-8-12-15/h3-12,16,19H,13H2,1-2H3/t16-/m1/s1. The highest BCUT2D eigenvalue weighted by molar-refractivity contribution is 5.37. The Balaban J connectivity index is 2.08. The third-order valence-electron chi connectivity index (χ3n) is 3.90. The van der Waals surface area contributed by atoms with E-state index >= 15 is 0 Å². The van der Waals surface area contributed by atoms with Crippen LogP contribution in [-0.4, -0.2) is 23.6 Å². The molecule has 0 aromatic heterocycles. The highest BCUT2D eigenvalue weighted by atomic mass is 16.7. The second kappa shape index (κ2) is 5.26. The molecule has 0 radical (unpaired) electrons. The molecule has 1 aliphatic rings. The third kappa shape index (κ3) is 2.60. The van der Waals surface area contributed by atoms with Crippen molar-refractivity contribution in [2.24, 2.45) is 0 Å². The lowest BCUT2D eigenvalue weighted by atomic mass is 9.82. The van der Waals surface area contributed by atoms with Crippen LogP contribution in [0.4, 0.5) is 0 Å². The van der Waals surface area contributed by atoms with E-state index in [1.165, 1.54) is 0 Å². The van der Waals surface area contributed by atoms with Crippen LogP contribution >= 0.6 is 0 Å². The Morgan fingerprint density at radius 1 is 0.952 bits per heavy atom. The van der Waals surface area contributed by atoms with Crippen LogP contribution in [0.5, 0.6) is 0 Å². The van der Waals surface area contributed by atoms with Crippen molar-refractivity contribution < 1.29 is 14.6 Å². The molecule has 0 amide bonds. The highest BCUT2D eigenvalue weighted by Gasteiger charge is 2.48. The summed E-state index contributed by atoms with van der Waals surface area (Å²) in [4.78, 5) is 0. The van der Waals surface area contributed by atoms with Crippen molar-refractivity contribution in [1.29, 1.82) is 0 Å². The molecule has 110 valence electrons. The van der Waals surface area contributed by atoms with Gasteiger partial charge in [-0.25, -0.2) is 0 Å². The topological polar surface area (TPSA) is 38.7 Å². The minimum atomic E-state index is -1.23. The quantitative estimate of drug-likeness (QED) is 0.941. The van der Waals surface area contributed by atoms with E-state index in [4.69, 9.17) is 9.47 Å². The predicted octanol–water partition coefficient (Wildman–Crippen LogP) is 3.07. The Morgan fingerprint density at radius 2 is 1.43 bits per heavy atom. The summed E-state index contributed by atoms with van der Waals surface area (Å²) in [5, 5.41) is 11.5. The third-order valence-corrected chi connectivity index (χ3v) is 3.90. The summed E-state index contributed by atoms with van der Waals surface area (Å²) in [5.41, 5.74) is 0.390. The van der Waals surface area contributed by atoms with E-state index in [1.807, 2.05) is 74.5 Å². The fraction of sp³-hybridized carbons (Fsp3) is 0.333. The number of hydrogen-bond acceptors (Lipinski definition) is 3. The second-order valence-electron chi connectivity index (χ2n) is 5.82. The molecule has 2 aromatic rings. The Hall–Kier alpha value is -1.68. The fourth-order valence-corrected chi connectivity index (χ4v) is 2.82. The van der Waals surface area contributed by atoms with Gasteiger partial charge >= 0.3 is 0 Å². The molecule has 1 N–H and O–H groups in total. The maximum Gasteiger partial charge on any atom is 0.163 e. The zero-order chi connectivity index (χ0) is 14.9. The van der Waals surface area contributed by atoms with Gasteiger partial charge in [0.15, 0.2) is 5.79 Å². The molecule has 3 heteroatoms. The van der Waals surface area contributed by atoms with Gasteiger partial charge in [-0.1, -0.05) is 60.7 Å². The summed E-state index contributed by atoms with van der Waals surface area (Å²) in [5.74, 6) is -0.678. The number of ether oxygens (including phenoxy) is 2.